The molecule has 0 bridgehead atoms. The molecule has 114 valence electrons. The zero-order valence-electron chi connectivity index (χ0n) is 12.1. The van der Waals surface area contributed by atoms with Crippen molar-refractivity contribution in [2.75, 3.05) is 24.5 Å². The van der Waals surface area contributed by atoms with Crippen molar-refractivity contribution in [3.05, 3.63) is 28.8 Å². The van der Waals surface area contributed by atoms with Crippen molar-refractivity contribution in [2.24, 2.45) is 11.7 Å². The molecule has 0 radical (unpaired) electrons. The maximum atomic E-state index is 11.0. The molecule has 0 atom stereocenters. The Morgan fingerprint density at radius 3 is 2.71 bits per heavy atom. The summed E-state index contributed by atoms with van der Waals surface area (Å²) in [6.07, 6.45) is 2.08. The van der Waals surface area contributed by atoms with Crippen LogP contribution in [0.1, 0.15) is 25.3 Å². The molecule has 1 aliphatic rings. The summed E-state index contributed by atoms with van der Waals surface area (Å²) in [5.41, 5.74) is 7.67. The normalized spacial score (nSPS) is 15.8. The van der Waals surface area contributed by atoms with E-state index in [-0.39, 0.29) is 5.91 Å². The van der Waals surface area contributed by atoms with E-state index in [0.717, 1.165) is 43.7 Å². The Morgan fingerprint density at radius 1 is 1.48 bits per heavy atom. The van der Waals surface area contributed by atoms with Crippen molar-refractivity contribution < 1.29 is 4.79 Å². The number of nitrogens with one attached hydrogen (secondary N) is 1. The zero-order chi connectivity index (χ0) is 15.4. The SMILES string of the molecule is CC(=O)NCC1CCN(c2ccc(Cl)cc2C(N)=S)CC1. The fourth-order valence-corrected chi connectivity index (χ4v) is 2.98. The van der Waals surface area contributed by atoms with Gasteiger partial charge in [-0.25, -0.2) is 0 Å². The van der Waals surface area contributed by atoms with Crippen molar-refractivity contribution in [2.45, 2.75) is 19.8 Å². The summed E-state index contributed by atoms with van der Waals surface area (Å²) in [4.78, 5) is 13.6. The molecule has 1 fully saturated rings. The Kier molecular flexibility index (Phi) is 5.42. The van der Waals surface area contributed by atoms with Gasteiger partial charge in [0.05, 0.1) is 0 Å². The molecule has 1 saturated heterocycles. The van der Waals surface area contributed by atoms with Gasteiger partial charge in [-0.3, -0.25) is 4.79 Å². The van der Waals surface area contributed by atoms with Crippen LogP contribution in [0.25, 0.3) is 0 Å². The average molecular weight is 326 g/mol. The molecule has 0 aromatic heterocycles. The number of anilines is 1. The Hall–Kier alpha value is -1.33. The monoisotopic (exact) mass is 325 g/mol. The first-order chi connectivity index (χ1) is 9.97. The summed E-state index contributed by atoms with van der Waals surface area (Å²) in [6.45, 7) is 4.17. The Labute approximate surface area is 135 Å². The second-order valence-corrected chi connectivity index (χ2v) is 6.27. The Balaban J connectivity index is 2.02. The number of nitrogens with two attached hydrogens (primary N) is 1. The van der Waals surface area contributed by atoms with Crippen LogP contribution in [0.4, 0.5) is 5.69 Å². The molecule has 0 unspecified atom stereocenters. The first-order valence-corrected chi connectivity index (χ1v) is 7.84. The summed E-state index contributed by atoms with van der Waals surface area (Å²) in [5, 5.41) is 3.53. The highest BCUT2D eigenvalue weighted by molar-refractivity contribution is 7.80. The van der Waals surface area contributed by atoms with Crippen molar-refractivity contribution in [1.29, 1.82) is 0 Å². The molecule has 1 aromatic carbocycles. The molecule has 1 heterocycles. The molecule has 4 nitrogen and oxygen atoms in total. The van der Waals surface area contributed by atoms with E-state index in [1.165, 1.54) is 0 Å². The smallest absolute Gasteiger partial charge is 0.216 e. The van der Waals surface area contributed by atoms with Crippen LogP contribution in [0, 0.1) is 5.92 Å². The molecule has 2 rings (SSSR count). The van der Waals surface area contributed by atoms with Crippen molar-refractivity contribution in [1.82, 2.24) is 5.32 Å². The molecular formula is C15H20ClN3OS. The molecule has 0 aliphatic carbocycles. The van der Waals surface area contributed by atoms with E-state index in [2.05, 4.69) is 10.2 Å². The largest absolute Gasteiger partial charge is 0.389 e. The average Bonchev–Trinajstić information content (AvgIpc) is 2.45. The number of hydrogen-bond donors (Lipinski definition) is 2. The van der Waals surface area contributed by atoms with Crippen LogP contribution < -0.4 is 16.0 Å². The lowest BCUT2D eigenvalue weighted by Gasteiger charge is -2.34. The van der Waals surface area contributed by atoms with Crippen LogP contribution >= 0.6 is 23.8 Å². The van der Waals surface area contributed by atoms with E-state index >= 15 is 0 Å². The van der Waals surface area contributed by atoms with Crippen LogP contribution in [0.2, 0.25) is 5.02 Å². The third-order valence-electron chi connectivity index (χ3n) is 3.82. The summed E-state index contributed by atoms with van der Waals surface area (Å²) < 4.78 is 0. The van der Waals surface area contributed by atoms with Crippen LogP contribution in [0.3, 0.4) is 0 Å². The van der Waals surface area contributed by atoms with Crippen LogP contribution in [-0.4, -0.2) is 30.5 Å². The first-order valence-electron chi connectivity index (χ1n) is 7.06. The van der Waals surface area contributed by atoms with Crippen LogP contribution in [0.15, 0.2) is 18.2 Å². The van der Waals surface area contributed by atoms with Crippen LogP contribution in [-0.2, 0) is 4.79 Å². The predicted octanol–water partition coefficient (Wildman–Crippen LogP) is 2.33. The Bertz CT molecular complexity index is 542. The third kappa shape index (κ3) is 4.32. The van der Waals surface area contributed by atoms with Gasteiger partial charge < -0.3 is 16.0 Å². The highest BCUT2D eigenvalue weighted by Gasteiger charge is 2.21. The Morgan fingerprint density at radius 2 is 2.14 bits per heavy atom. The lowest BCUT2D eigenvalue weighted by atomic mass is 9.95. The van der Waals surface area contributed by atoms with Gasteiger partial charge in [0.15, 0.2) is 0 Å². The highest BCUT2D eigenvalue weighted by atomic mass is 35.5. The van der Waals surface area contributed by atoms with Gasteiger partial charge in [-0.15, -0.1) is 0 Å². The lowest BCUT2D eigenvalue weighted by Crippen LogP contribution is -2.39. The predicted molar refractivity (Wildman–Crippen MR) is 91.0 cm³/mol. The van der Waals surface area contributed by atoms with Crippen LogP contribution in [0.5, 0.6) is 0 Å². The van der Waals surface area contributed by atoms with E-state index in [1.54, 1.807) is 6.92 Å². The molecule has 6 heteroatoms. The second kappa shape index (κ2) is 7.09. The van der Waals surface area contributed by atoms with E-state index in [9.17, 15) is 4.79 Å². The lowest BCUT2D eigenvalue weighted by molar-refractivity contribution is -0.119. The van der Waals surface area contributed by atoms with Gasteiger partial charge in [0.2, 0.25) is 5.91 Å². The fraction of sp³-hybridized carbons (Fsp3) is 0.467. The highest BCUT2D eigenvalue weighted by Crippen LogP contribution is 2.28. The molecule has 0 spiro atoms. The van der Waals surface area contributed by atoms with E-state index in [0.29, 0.717) is 15.9 Å². The second-order valence-electron chi connectivity index (χ2n) is 5.39. The van der Waals surface area contributed by atoms with Crippen molar-refractivity contribution in [3.63, 3.8) is 0 Å². The number of piperidine rings is 1. The molecule has 21 heavy (non-hydrogen) atoms. The summed E-state index contributed by atoms with van der Waals surface area (Å²) in [7, 11) is 0. The van der Waals surface area contributed by atoms with Crippen molar-refractivity contribution >= 4 is 40.4 Å². The van der Waals surface area contributed by atoms with Gasteiger partial charge in [-0.2, -0.15) is 0 Å². The van der Waals surface area contributed by atoms with Gasteiger partial charge in [-0.1, -0.05) is 23.8 Å². The van der Waals surface area contributed by atoms with Gasteiger partial charge in [-0.05, 0) is 37.0 Å². The molecule has 3 N–H and O–H groups in total. The minimum atomic E-state index is 0.0332. The maximum Gasteiger partial charge on any atom is 0.216 e. The number of nitrogens with zero attached hydrogens (tertiary/aromatic N) is 1. The molecule has 1 aliphatic heterocycles. The maximum absolute atomic E-state index is 11.0. The van der Waals surface area contributed by atoms with E-state index < -0.39 is 0 Å². The first kappa shape index (κ1) is 16.0. The fourth-order valence-electron chi connectivity index (χ4n) is 2.65. The van der Waals surface area contributed by atoms with Gasteiger partial charge >= 0.3 is 0 Å². The van der Waals surface area contributed by atoms with E-state index in [1.807, 2.05) is 18.2 Å². The topological polar surface area (TPSA) is 58.4 Å². The number of rotatable bonds is 4. The number of carbonyl (C=O) groups excluding carboxylic acids is 1. The summed E-state index contributed by atoms with van der Waals surface area (Å²) >= 11 is 11.1. The van der Waals surface area contributed by atoms with Gasteiger partial charge in [0.1, 0.15) is 4.99 Å². The molecule has 1 amide bonds. The van der Waals surface area contributed by atoms with E-state index in [4.69, 9.17) is 29.6 Å². The zero-order valence-corrected chi connectivity index (χ0v) is 13.6. The number of carbonyl (C=O) groups is 1. The minimum absolute atomic E-state index is 0.0332. The van der Waals surface area contributed by atoms with Crippen molar-refractivity contribution in [3.8, 4) is 0 Å². The number of halogens is 1. The van der Waals surface area contributed by atoms with Gasteiger partial charge in [0.25, 0.3) is 0 Å². The molecular weight excluding hydrogens is 306 g/mol. The molecule has 1 aromatic rings. The standard InChI is InChI=1S/C15H20ClN3OS/c1-10(20)18-9-11-4-6-19(7-5-11)14-3-2-12(16)8-13(14)15(17)21/h2-3,8,11H,4-7,9H2,1H3,(H2,17,21)(H,18,20). The number of amides is 1. The minimum Gasteiger partial charge on any atom is -0.389 e. The number of benzene rings is 1. The summed E-state index contributed by atoms with van der Waals surface area (Å²) in [6, 6.07) is 5.66. The number of thiocarbonyl (C=S) groups is 1. The van der Waals surface area contributed by atoms with Gasteiger partial charge in [0, 0.05) is 42.8 Å². The number of hydrogen-bond acceptors (Lipinski definition) is 3. The quantitative estimate of drug-likeness (QED) is 0.834. The summed E-state index contributed by atoms with van der Waals surface area (Å²) in [5.74, 6) is 0.566. The molecule has 0 saturated carbocycles. The third-order valence-corrected chi connectivity index (χ3v) is 4.27.